The van der Waals surface area contributed by atoms with Gasteiger partial charge in [0, 0.05) is 18.1 Å². The zero-order chi connectivity index (χ0) is 13.3. The van der Waals surface area contributed by atoms with Gasteiger partial charge in [0.1, 0.15) is 5.75 Å². The van der Waals surface area contributed by atoms with E-state index in [2.05, 4.69) is 9.88 Å². The van der Waals surface area contributed by atoms with Crippen LogP contribution in [0.3, 0.4) is 0 Å². The van der Waals surface area contributed by atoms with E-state index in [1.807, 2.05) is 20.3 Å². The minimum absolute atomic E-state index is 0.171. The van der Waals surface area contributed by atoms with E-state index in [0.717, 1.165) is 18.5 Å². The van der Waals surface area contributed by atoms with Crippen molar-refractivity contribution in [1.29, 1.82) is 0 Å². The van der Waals surface area contributed by atoms with Crippen molar-refractivity contribution < 1.29 is 9.90 Å². The molecule has 1 amide bonds. The van der Waals surface area contributed by atoms with Gasteiger partial charge in [-0.05, 0) is 38.2 Å². The Kier molecular flexibility index (Phi) is 3.25. The van der Waals surface area contributed by atoms with Gasteiger partial charge in [0.15, 0.2) is 0 Å². The molecule has 0 aliphatic heterocycles. The first-order valence-corrected chi connectivity index (χ1v) is 5.77. The summed E-state index contributed by atoms with van der Waals surface area (Å²) in [6.07, 6.45) is 2.61. The number of H-pyrrole nitrogens is 1. The highest BCUT2D eigenvalue weighted by atomic mass is 16.3. The third kappa shape index (κ3) is 2.17. The zero-order valence-corrected chi connectivity index (χ0v) is 10.5. The van der Waals surface area contributed by atoms with Gasteiger partial charge in [0.2, 0.25) is 0 Å². The SMILES string of the molecule is CN(C)CCc1c[nH]c2c(C(N)=O)ccc(O)c12. The van der Waals surface area contributed by atoms with Gasteiger partial charge in [-0.1, -0.05) is 0 Å². The monoisotopic (exact) mass is 247 g/mol. The Bertz CT molecular complexity index is 587. The molecule has 0 saturated carbocycles. The summed E-state index contributed by atoms with van der Waals surface area (Å²) in [5.41, 5.74) is 7.31. The molecule has 0 aliphatic carbocycles. The van der Waals surface area contributed by atoms with E-state index in [-0.39, 0.29) is 5.75 Å². The number of primary amides is 1. The fourth-order valence-corrected chi connectivity index (χ4v) is 2.04. The average Bonchev–Trinajstić information content (AvgIpc) is 2.71. The van der Waals surface area contributed by atoms with E-state index in [1.54, 1.807) is 0 Å². The summed E-state index contributed by atoms with van der Waals surface area (Å²) >= 11 is 0. The zero-order valence-electron chi connectivity index (χ0n) is 10.5. The van der Waals surface area contributed by atoms with Crippen LogP contribution in [0.1, 0.15) is 15.9 Å². The van der Waals surface area contributed by atoms with Gasteiger partial charge < -0.3 is 20.7 Å². The Hall–Kier alpha value is -2.01. The fourth-order valence-electron chi connectivity index (χ4n) is 2.04. The molecule has 0 fully saturated rings. The number of benzene rings is 1. The molecule has 18 heavy (non-hydrogen) atoms. The molecule has 0 radical (unpaired) electrons. The van der Waals surface area contributed by atoms with Gasteiger partial charge in [0.25, 0.3) is 5.91 Å². The molecule has 0 spiro atoms. The molecule has 0 aliphatic rings. The van der Waals surface area contributed by atoms with Crippen molar-refractivity contribution in [3.63, 3.8) is 0 Å². The van der Waals surface area contributed by atoms with Crippen LogP contribution in [0.5, 0.6) is 5.75 Å². The molecule has 4 N–H and O–H groups in total. The van der Waals surface area contributed by atoms with Gasteiger partial charge >= 0.3 is 0 Å². The van der Waals surface area contributed by atoms with Gasteiger partial charge in [-0.25, -0.2) is 0 Å². The third-order valence-electron chi connectivity index (χ3n) is 2.99. The largest absolute Gasteiger partial charge is 0.507 e. The molecule has 2 rings (SSSR count). The molecule has 1 aromatic heterocycles. The number of phenols is 1. The number of hydrogen-bond acceptors (Lipinski definition) is 3. The molecule has 0 bridgehead atoms. The highest BCUT2D eigenvalue weighted by Crippen LogP contribution is 2.30. The maximum Gasteiger partial charge on any atom is 0.250 e. The quantitative estimate of drug-likeness (QED) is 0.756. The maximum absolute atomic E-state index is 11.3. The number of carbonyl (C=O) groups is 1. The summed E-state index contributed by atoms with van der Waals surface area (Å²) in [7, 11) is 3.98. The number of phenolic OH excluding ortho intramolecular Hbond substituents is 1. The number of rotatable bonds is 4. The lowest BCUT2D eigenvalue weighted by molar-refractivity contribution is 0.100. The third-order valence-corrected chi connectivity index (χ3v) is 2.99. The Morgan fingerprint density at radius 2 is 2.17 bits per heavy atom. The molecule has 96 valence electrons. The first kappa shape index (κ1) is 12.4. The Balaban J connectivity index is 2.51. The highest BCUT2D eigenvalue weighted by Gasteiger charge is 2.14. The van der Waals surface area contributed by atoms with E-state index < -0.39 is 5.91 Å². The van der Waals surface area contributed by atoms with Crippen molar-refractivity contribution >= 4 is 16.8 Å². The highest BCUT2D eigenvalue weighted by molar-refractivity contribution is 6.07. The number of hydrogen-bond donors (Lipinski definition) is 3. The summed E-state index contributed by atoms with van der Waals surface area (Å²) < 4.78 is 0. The van der Waals surface area contributed by atoms with Crippen LogP contribution in [-0.4, -0.2) is 41.5 Å². The number of aromatic nitrogens is 1. The van der Waals surface area contributed by atoms with Crippen molar-refractivity contribution in [1.82, 2.24) is 9.88 Å². The van der Waals surface area contributed by atoms with E-state index in [1.165, 1.54) is 12.1 Å². The van der Waals surface area contributed by atoms with Crippen LogP contribution in [0.2, 0.25) is 0 Å². The van der Waals surface area contributed by atoms with Crippen molar-refractivity contribution in [2.75, 3.05) is 20.6 Å². The summed E-state index contributed by atoms with van der Waals surface area (Å²) in [4.78, 5) is 16.4. The maximum atomic E-state index is 11.3. The fraction of sp³-hybridized carbons (Fsp3) is 0.308. The molecule has 1 aromatic carbocycles. The summed E-state index contributed by atoms with van der Waals surface area (Å²) in [5, 5.41) is 10.6. The molecular weight excluding hydrogens is 230 g/mol. The smallest absolute Gasteiger partial charge is 0.250 e. The van der Waals surface area contributed by atoms with Crippen molar-refractivity contribution in [3.05, 3.63) is 29.5 Å². The number of aromatic amines is 1. The lowest BCUT2D eigenvalue weighted by Crippen LogP contribution is -2.15. The van der Waals surface area contributed by atoms with Crippen LogP contribution < -0.4 is 5.73 Å². The number of aromatic hydroxyl groups is 1. The first-order chi connectivity index (χ1) is 8.50. The molecule has 0 unspecified atom stereocenters. The molecule has 1 heterocycles. The second kappa shape index (κ2) is 4.70. The van der Waals surface area contributed by atoms with Crippen LogP contribution in [0, 0.1) is 0 Å². The van der Waals surface area contributed by atoms with E-state index in [4.69, 9.17) is 5.73 Å². The standard InChI is InChI=1S/C13H17N3O2/c1-16(2)6-5-8-7-15-12-9(13(14)18)3-4-10(17)11(8)12/h3-4,7,15,17H,5-6H2,1-2H3,(H2,14,18). The van der Waals surface area contributed by atoms with Gasteiger partial charge in [-0.15, -0.1) is 0 Å². The average molecular weight is 247 g/mol. The number of fused-ring (bicyclic) bond motifs is 1. The number of nitrogens with one attached hydrogen (secondary N) is 1. The summed E-state index contributed by atoms with van der Waals surface area (Å²) in [5.74, 6) is -0.328. The second-order valence-electron chi connectivity index (χ2n) is 4.61. The topological polar surface area (TPSA) is 82.3 Å². The van der Waals surface area contributed by atoms with Crippen molar-refractivity contribution in [2.45, 2.75) is 6.42 Å². The minimum Gasteiger partial charge on any atom is -0.507 e. The van der Waals surface area contributed by atoms with E-state index >= 15 is 0 Å². The molecular formula is C13H17N3O2. The first-order valence-electron chi connectivity index (χ1n) is 5.77. The van der Waals surface area contributed by atoms with Crippen LogP contribution in [0.4, 0.5) is 0 Å². The Labute approximate surface area is 105 Å². The lowest BCUT2D eigenvalue weighted by atomic mass is 10.1. The summed E-state index contributed by atoms with van der Waals surface area (Å²) in [6, 6.07) is 3.04. The lowest BCUT2D eigenvalue weighted by Gasteiger charge is -2.09. The predicted molar refractivity (Wildman–Crippen MR) is 70.7 cm³/mol. The number of carbonyl (C=O) groups excluding carboxylic acids is 1. The minimum atomic E-state index is -0.499. The molecule has 2 aromatic rings. The Morgan fingerprint density at radius 3 is 2.78 bits per heavy atom. The van der Waals surface area contributed by atoms with Gasteiger partial charge in [-0.2, -0.15) is 0 Å². The summed E-state index contributed by atoms with van der Waals surface area (Å²) in [6.45, 7) is 0.868. The number of nitrogens with zero attached hydrogens (tertiary/aromatic N) is 1. The van der Waals surface area contributed by atoms with Crippen LogP contribution >= 0.6 is 0 Å². The van der Waals surface area contributed by atoms with Crippen LogP contribution in [0.15, 0.2) is 18.3 Å². The second-order valence-corrected chi connectivity index (χ2v) is 4.61. The molecule has 0 atom stereocenters. The molecule has 5 heteroatoms. The van der Waals surface area contributed by atoms with Crippen LogP contribution in [-0.2, 0) is 6.42 Å². The molecule has 5 nitrogen and oxygen atoms in total. The number of likely N-dealkylation sites (N-methyl/N-ethyl adjacent to an activating group) is 1. The normalized spacial score (nSPS) is 11.3. The van der Waals surface area contributed by atoms with Gasteiger partial charge in [-0.3, -0.25) is 4.79 Å². The van der Waals surface area contributed by atoms with Crippen molar-refractivity contribution in [2.24, 2.45) is 5.73 Å². The number of nitrogens with two attached hydrogens (primary N) is 1. The Morgan fingerprint density at radius 1 is 1.44 bits per heavy atom. The number of amides is 1. The van der Waals surface area contributed by atoms with E-state index in [0.29, 0.717) is 16.5 Å². The molecule has 0 saturated heterocycles. The van der Waals surface area contributed by atoms with Crippen LogP contribution in [0.25, 0.3) is 10.9 Å². The van der Waals surface area contributed by atoms with Crippen molar-refractivity contribution in [3.8, 4) is 5.75 Å². The van der Waals surface area contributed by atoms with E-state index in [9.17, 15) is 9.90 Å². The van der Waals surface area contributed by atoms with Gasteiger partial charge in [0.05, 0.1) is 11.1 Å². The predicted octanol–water partition coefficient (Wildman–Crippen LogP) is 1.08.